The molecule has 120 valence electrons. The highest BCUT2D eigenvalue weighted by molar-refractivity contribution is 6.02. The van der Waals surface area contributed by atoms with Gasteiger partial charge in [0.25, 0.3) is 5.91 Å². The number of hydrogen-bond donors (Lipinski definition) is 2. The van der Waals surface area contributed by atoms with E-state index in [0.29, 0.717) is 29.3 Å². The van der Waals surface area contributed by atoms with E-state index in [1.165, 1.54) is 0 Å². The Hall–Kier alpha value is -2.82. The second kappa shape index (κ2) is 7.98. The lowest BCUT2D eigenvalue weighted by molar-refractivity contribution is 0.0950. The maximum absolute atomic E-state index is 12.3. The summed E-state index contributed by atoms with van der Waals surface area (Å²) in [7, 11) is 0. The molecule has 23 heavy (non-hydrogen) atoms. The molecular weight excluding hydrogens is 290 g/mol. The van der Waals surface area contributed by atoms with Crippen LogP contribution in [0.1, 0.15) is 36.2 Å². The van der Waals surface area contributed by atoms with Crippen LogP contribution >= 0.6 is 0 Å². The SMILES string of the molecule is CCCOc1ccccc1C(=O)NN=C(C)c1cccc(N)c1. The monoisotopic (exact) mass is 311 g/mol. The van der Waals surface area contributed by atoms with Crippen LogP contribution in [-0.4, -0.2) is 18.2 Å². The van der Waals surface area contributed by atoms with Crippen molar-refractivity contribution in [2.45, 2.75) is 20.3 Å². The van der Waals surface area contributed by atoms with Gasteiger partial charge < -0.3 is 10.5 Å². The molecule has 0 atom stereocenters. The molecule has 0 fully saturated rings. The fourth-order valence-corrected chi connectivity index (χ4v) is 2.02. The number of amides is 1. The molecule has 0 bridgehead atoms. The van der Waals surface area contributed by atoms with Crippen LogP contribution in [0.5, 0.6) is 5.75 Å². The molecule has 5 nitrogen and oxygen atoms in total. The van der Waals surface area contributed by atoms with Gasteiger partial charge >= 0.3 is 0 Å². The Bertz CT molecular complexity index is 711. The Morgan fingerprint density at radius 3 is 2.74 bits per heavy atom. The minimum atomic E-state index is -0.306. The van der Waals surface area contributed by atoms with Crippen LogP contribution in [0.3, 0.4) is 0 Å². The third-order valence-corrected chi connectivity index (χ3v) is 3.22. The second-order valence-corrected chi connectivity index (χ2v) is 5.11. The van der Waals surface area contributed by atoms with E-state index in [9.17, 15) is 4.79 Å². The third-order valence-electron chi connectivity index (χ3n) is 3.22. The number of para-hydroxylation sites is 1. The molecule has 2 aromatic carbocycles. The van der Waals surface area contributed by atoms with Crippen molar-refractivity contribution >= 4 is 17.3 Å². The first-order valence-electron chi connectivity index (χ1n) is 7.54. The number of nitrogens with two attached hydrogens (primary N) is 1. The lowest BCUT2D eigenvalue weighted by Crippen LogP contribution is -2.20. The molecule has 0 aliphatic heterocycles. The Labute approximate surface area is 136 Å². The third kappa shape index (κ3) is 4.57. The molecular formula is C18H21N3O2. The van der Waals surface area contributed by atoms with Crippen molar-refractivity contribution in [2.75, 3.05) is 12.3 Å². The number of rotatable bonds is 6. The molecule has 0 radical (unpaired) electrons. The molecule has 3 N–H and O–H groups in total. The lowest BCUT2D eigenvalue weighted by Gasteiger charge is -2.09. The van der Waals surface area contributed by atoms with Crippen molar-refractivity contribution in [3.05, 3.63) is 59.7 Å². The zero-order valence-electron chi connectivity index (χ0n) is 13.4. The van der Waals surface area contributed by atoms with Gasteiger partial charge in [-0.05, 0) is 43.2 Å². The van der Waals surface area contributed by atoms with Gasteiger partial charge in [0.1, 0.15) is 5.75 Å². The molecule has 1 amide bonds. The van der Waals surface area contributed by atoms with Gasteiger partial charge in [0, 0.05) is 5.69 Å². The summed E-state index contributed by atoms with van der Waals surface area (Å²) in [6.07, 6.45) is 0.878. The van der Waals surface area contributed by atoms with E-state index < -0.39 is 0 Å². The maximum atomic E-state index is 12.3. The zero-order chi connectivity index (χ0) is 16.7. The molecule has 5 heteroatoms. The summed E-state index contributed by atoms with van der Waals surface area (Å²) in [4.78, 5) is 12.3. The highest BCUT2D eigenvalue weighted by Crippen LogP contribution is 2.18. The molecule has 2 aromatic rings. The highest BCUT2D eigenvalue weighted by atomic mass is 16.5. The molecule has 0 aliphatic carbocycles. The van der Waals surface area contributed by atoms with E-state index in [-0.39, 0.29) is 5.91 Å². The number of nitrogens with one attached hydrogen (secondary N) is 1. The number of benzene rings is 2. The maximum Gasteiger partial charge on any atom is 0.275 e. The standard InChI is InChI=1S/C18H21N3O2/c1-3-11-23-17-10-5-4-9-16(17)18(22)21-20-13(2)14-7-6-8-15(19)12-14/h4-10,12H,3,11,19H2,1-2H3,(H,21,22). The van der Waals surface area contributed by atoms with Crippen molar-refractivity contribution in [1.82, 2.24) is 5.43 Å². The minimum Gasteiger partial charge on any atom is -0.493 e. The summed E-state index contributed by atoms with van der Waals surface area (Å²) >= 11 is 0. The average Bonchev–Trinajstić information content (AvgIpc) is 2.57. The first-order chi connectivity index (χ1) is 11.1. The van der Waals surface area contributed by atoms with Crippen LogP contribution < -0.4 is 15.9 Å². The number of anilines is 1. The van der Waals surface area contributed by atoms with Crippen LogP contribution in [0.2, 0.25) is 0 Å². The molecule has 0 saturated carbocycles. The van der Waals surface area contributed by atoms with Crippen molar-refractivity contribution in [3.8, 4) is 5.75 Å². The molecule has 0 spiro atoms. The van der Waals surface area contributed by atoms with Gasteiger partial charge in [0.05, 0.1) is 17.9 Å². The molecule has 0 unspecified atom stereocenters. The normalized spacial score (nSPS) is 11.1. The van der Waals surface area contributed by atoms with Gasteiger partial charge in [0.2, 0.25) is 0 Å². The number of ether oxygens (including phenoxy) is 1. The Morgan fingerprint density at radius 1 is 1.22 bits per heavy atom. The first kappa shape index (κ1) is 16.5. The van der Waals surface area contributed by atoms with E-state index in [4.69, 9.17) is 10.5 Å². The Balaban J connectivity index is 2.11. The molecule has 0 aromatic heterocycles. The van der Waals surface area contributed by atoms with Crippen LogP contribution in [0.4, 0.5) is 5.69 Å². The van der Waals surface area contributed by atoms with Crippen molar-refractivity contribution in [2.24, 2.45) is 5.10 Å². The van der Waals surface area contributed by atoms with E-state index in [2.05, 4.69) is 10.5 Å². The van der Waals surface area contributed by atoms with Crippen LogP contribution in [-0.2, 0) is 0 Å². The predicted molar refractivity (Wildman–Crippen MR) is 92.8 cm³/mol. The zero-order valence-corrected chi connectivity index (χ0v) is 13.4. The van der Waals surface area contributed by atoms with E-state index in [1.54, 1.807) is 24.3 Å². The number of carbonyl (C=O) groups is 1. The van der Waals surface area contributed by atoms with Gasteiger partial charge in [-0.2, -0.15) is 5.10 Å². The number of hydrogen-bond acceptors (Lipinski definition) is 4. The van der Waals surface area contributed by atoms with Gasteiger partial charge in [0.15, 0.2) is 0 Å². The molecule has 0 saturated heterocycles. The van der Waals surface area contributed by atoms with E-state index >= 15 is 0 Å². The summed E-state index contributed by atoms with van der Waals surface area (Å²) in [6, 6.07) is 14.5. The number of nitrogens with zero attached hydrogens (tertiary/aromatic N) is 1. The molecule has 0 aliphatic rings. The topological polar surface area (TPSA) is 76.7 Å². The lowest BCUT2D eigenvalue weighted by atomic mass is 10.1. The fourth-order valence-electron chi connectivity index (χ4n) is 2.02. The van der Waals surface area contributed by atoms with Gasteiger partial charge in [-0.25, -0.2) is 5.43 Å². The van der Waals surface area contributed by atoms with Crippen LogP contribution in [0.25, 0.3) is 0 Å². The number of nitrogen functional groups attached to an aromatic ring is 1. The molecule has 2 rings (SSSR count). The highest BCUT2D eigenvalue weighted by Gasteiger charge is 2.11. The summed E-state index contributed by atoms with van der Waals surface area (Å²) in [5.74, 6) is 0.253. The Morgan fingerprint density at radius 2 is 2.00 bits per heavy atom. The predicted octanol–water partition coefficient (Wildman–Crippen LogP) is 3.21. The Kier molecular flexibility index (Phi) is 5.74. The van der Waals surface area contributed by atoms with E-state index in [0.717, 1.165) is 12.0 Å². The largest absolute Gasteiger partial charge is 0.493 e. The van der Waals surface area contributed by atoms with Gasteiger partial charge in [-0.3, -0.25) is 4.79 Å². The second-order valence-electron chi connectivity index (χ2n) is 5.11. The average molecular weight is 311 g/mol. The fraction of sp³-hybridized carbons (Fsp3) is 0.222. The summed E-state index contributed by atoms with van der Waals surface area (Å²) in [6.45, 7) is 4.40. The smallest absolute Gasteiger partial charge is 0.275 e. The van der Waals surface area contributed by atoms with E-state index in [1.807, 2.05) is 38.1 Å². The minimum absolute atomic E-state index is 0.306. The summed E-state index contributed by atoms with van der Waals surface area (Å²) in [5, 5.41) is 4.14. The van der Waals surface area contributed by atoms with Gasteiger partial charge in [-0.1, -0.05) is 31.2 Å². The quantitative estimate of drug-likeness (QED) is 0.488. The van der Waals surface area contributed by atoms with Gasteiger partial charge in [-0.15, -0.1) is 0 Å². The van der Waals surface area contributed by atoms with Crippen molar-refractivity contribution in [1.29, 1.82) is 0 Å². The summed E-state index contributed by atoms with van der Waals surface area (Å²) in [5.41, 5.74) is 11.0. The number of hydrazone groups is 1. The summed E-state index contributed by atoms with van der Waals surface area (Å²) < 4.78 is 5.59. The van der Waals surface area contributed by atoms with Crippen LogP contribution in [0, 0.1) is 0 Å². The molecule has 0 heterocycles. The van der Waals surface area contributed by atoms with Crippen LogP contribution in [0.15, 0.2) is 53.6 Å². The first-order valence-corrected chi connectivity index (χ1v) is 7.54. The van der Waals surface area contributed by atoms with Crippen molar-refractivity contribution < 1.29 is 9.53 Å². The van der Waals surface area contributed by atoms with Crippen molar-refractivity contribution in [3.63, 3.8) is 0 Å². The number of carbonyl (C=O) groups excluding carboxylic acids is 1.